The highest BCUT2D eigenvalue weighted by molar-refractivity contribution is 7.59. The maximum absolute atomic E-state index is 13.0. The number of carbonyl (C=O) groups is 1. The Morgan fingerprint density at radius 2 is 1.59 bits per heavy atom. The number of rotatable bonds is 4. The van der Waals surface area contributed by atoms with Crippen molar-refractivity contribution >= 4 is 60.1 Å². The van der Waals surface area contributed by atoms with Gasteiger partial charge in [-0.2, -0.15) is 40.2 Å². The minimum Gasteiger partial charge on any atom is -0.381 e. The van der Waals surface area contributed by atoms with Crippen LogP contribution in [0, 0.1) is 5.82 Å². The third-order valence-electron chi connectivity index (χ3n) is 5.19. The molecule has 32 heavy (non-hydrogen) atoms. The van der Waals surface area contributed by atoms with Crippen LogP contribution < -0.4 is 10.6 Å². The van der Waals surface area contributed by atoms with E-state index < -0.39 is 17.0 Å². The van der Waals surface area contributed by atoms with Crippen LogP contribution in [0.25, 0.3) is 10.2 Å². The summed E-state index contributed by atoms with van der Waals surface area (Å²) in [5.41, 5.74) is 1.39. The zero-order chi connectivity index (χ0) is 21.3. The first kappa shape index (κ1) is 26.3. The zero-order valence-electron chi connectivity index (χ0n) is 16.8. The fourth-order valence-corrected chi connectivity index (χ4v) is 4.56. The van der Waals surface area contributed by atoms with Gasteiger partial charge < -0.3 is 10.6 Å². The van der Waals surface area contributed by atoms with Crippen LogP contribution >= 0.6 is 38.3 Å². The van der Waals surface area contributed by atoms with Crippen molar-refractivity contribution < 1.29 is 22.4 Å². The van der Waals surface area contributed by atoms with Crippen LogP contribution in [0.5, 0.6) is 0 Å². The fourth-order valence-electron chi connectivity index (χ4n) is 3.66. The van der Waals surface area contributed by atoms with E-state index in [1.165, 1.54) is 24.3 Å². The van der Waals surface area contributed by atoms with Gasteiger partial charge >= 0.3 is 6.18 Å². The number of amides is 1. The lowest BCUT2D eigenvalue weighted by Crippen LogP contribution is -2.40. The van der Waals surface area contributed by atoms with Gasteiger partial charge in [0.15, 0.2) is 5.01 Å². The minimum absolute atomic E-state index is 0. The smallest absolute Gasteiger partial charge is 0.381 e. The number of anilines is 1. The number of nitrogens with one attached hydrogen (secondary N) is 2. The number of nitrogens with zero attached hydrogens (tertiary/aromatic N) is 1. The summed E-state index contributed by atoms with van der Waals surface area (Å²) in [4.78, 5) is 16.0. The number of hydrogen-bond acceptors (Lipinski definition) is 4. The van der Waals surface area contributed by atoms with Crippen molar-refractivity contribution in [1.29, 1.82) is 0 Å². The monoisotopic (exact) mass is 505 g/mol. The number of carbonyl (C=O) groups excluding carboxylic acids is 1. The van der Waals surface area contributed by atoms with E-state index in [1.807, 2.05) is 0 Å². The molecule has 1 aliphatic carbocycles. The number of hydrogen-bond donors (Lipinski definition) is 2. The molecule has 11 heteroatoms. The van der Waals surface area contributed by atoms with Crippen molar-refractivity contribution in [2.75, 3.05) is 5.32 Å². The molecule has 1 saturated carbocycles. The highest BCUT2D eigenvalue weighted by atomic mass is 32.1. The second-order valence-corrected chi connectivity index (χ2v) is 8.34. The summed E-state index contributed by atoms with van der Waals surface area (Å²) < 4.78 is 52.4. The first-order chi connectivity index (χ1) is 14.3. The number of halogens is 4. The minimum atomic E-state index is -4.46. The van der Waals surface area contributed by atoms with Crippen LogP contribution in [0.4, 0.5) is 23.2 Å². The van der Waals surface area contributed by atoms with E-state index in [-0.39, 0.29) is 45.0 Å². The van der Waals surface area contributed by atoms with Crippen LogP contribution in [0.3, 0.4) is 0 Å². The van der Waals surface area contributed by atoms with E-state index in [4.69, 9.17) is 0 Å². The van der Waals surface area contributed by atoms with Crippen molar-refractivity contribution in [2.24, 2.45) is 0 Å². The lowest BCUT2D eigenvalue weighted by molar-refractivity contribution is -0.137. The van der Waals surface area contributed by atoms with E-state index >= 15 is 0 Å². The van der Waals surface area contributed by atoms with Crippen LogP contribution in [-0.2, 0) is 6.18 Å². The van der Waals surface area contributed by atoms with Gasteiger partial charge in [0.2, 0.25) is 0 Å². The lowest BCUT2D eigenvalue weighted by atomic mass is 9.90. The Morgan fingerprint density at radius 1 is 0.969 bits per heavy atom. The van der Waals surface area contributed by atoms with Crippen molar-refractivity contribution in [1.82, 2.24) is 10.3 Å². The maximum atomic E-state index is 13.0. The molecule has 0 radical (unpaired) electrons. The third-order valence-corrected chi connectivity index (χ3v) is 6.34. The predicted molar refractivity (Wildman–Crippen MR) is 129 cm³/mol. The molecule has 1 amide bonds. The van der Waals surface area contributed by atoms with E-state index in [0.717, 1.165) is 25.7 Å². The molecular weight excluding hydrogens is 482 g/mol. The summed E-state index contributed by atoms with van der Waals surface area (Å²) in [5, 5.41) is 5.47. The quantitative estimate of drug-likeness (QED) is 0.439. The molecule has 1 aromatic heterocycles. The van der Waals surface area contributed by atoms with Crippen LogP contribution in [-0.4, -0.2) is 23.0 Å². The van der Waals surface area contributed by atoms with Gasteiger partial charge in [-0.05, 0) is 62.1 Å². The van der Waals surface area contributed by atoms with Gasteiger partial charge in [0.1, 0.15) is 5.82 Å². The number of alkyl halides is 3. The summed E-state index contributed by atoms with van der Waals surface area (Å²) in [6.07, 6.45) is -1.42. The van der Waals surface area contributed by atoms with Crippen LogP contribution in [0.15, 0.2) is 42.5 Å². The SMILES string of the molecule is O=C(NC1CCC(Nc2cccc3nc(C(F)(F)F)sc23)CC1)c1ccc(F)cc1.S.S. The maximum Gasteiger partial charge on any atom is 0.443 e. The molecule has 0 atom stereocenters. The molecule has 174 valence electrons. The summed E-state index contributed by atoms with van der Waals surface area (Å²) in [7, 11) is 0. The first-order valence-electron chi connectivity index (χ1n) is 9.59. The Balaban J connectivity index is 0.00000181. The van der Waals surface area contributed by atoms with Crippen molar-refractivity contribution in [2.45, 2.75) is 43.9 Å². The van der Waals surface area contributed by atoms with E-state index in [9.17, 15) is 22.4 Å². The Hall–Kier alpha value is -1.98. The van der Waals surface area contributed by atoms with Crippen LogP contribution in [0.2, 0.25) is 0 Å². The van der Waals surface area contributed by atoms with Gasteiger partial charge in [-0.1, -0.05) is 6.07 Å². The fraction of sp³-hybridized carbons (Fsp3) is 0.333. The normalized spacial score (nSPS) is 18.4. The van der Waals surface area contributed by atoms with Gasteiger partial charge in [-0.3, -0.25) is 4.79 Å². The lowest BCUT2D eigenvalue weighted by Gasteiger charge is -2.30. The molecule has 0 unspecified atom stereocenters. The molecule has 1 heterocycles. The molecule has 0 spiro atoms. The predicted octanol–water partition coefficient (Wildman–Crippen LogP) is 5.83. The molecule has 1 aliphatic rings. The average Bonchev–Trinajstić information content (AvgIpc) is 3.16. The second-order valence-electron chi connectivity index (χ2n) is 7.34. The summed E-state index contributed by atoms with van der Waals surface area (Å²) in [6.45, 7) is 0. The molecule has 4 nitrogen and oxygen atoms in total. The molecule has 0 saturated heterocycles. The topological polar surface area (TPSA) is 54.0 Å². The van der Waals surface area contributed by atoms with Gasteiger partial charge in [0.05, 0.1) is 15.9 Å². The van der Waals surface area contributed by atoms with E-state index in [1.54, 1.807) is 18.2 Å². The highest BCUT2D eigenvalue weighted by Crippen LogP contribution is 2.38. The standard InChI is InChI=1S/C21H19F4N3OS.2H2S/c22-13-6-4-12(5-7-13)19(29)27-15-10-8-14(9-11-15)26-16-2-1-3-17-18(16)30-20(28-17)21(23,24)25;;/h1-7,14-15,26H,8-11H2,(H,27,29);2*1H2. The Morgan fingerprint density at radius 3 is 2.22 bits per heavy atom. The highest BCUT2D eigenvalue weighted by Gasteiger charge is 2.35. The average molecular weight is 506 g/mol. The largest absolute Gasteiger partial charge is 0.443 e. The van der Waals surface area contributed by atoms with E-state index in [2.05, 4.69) is 15.6 Å². The van der Waals surface area contributed by atoms with Gasteiger partial charge in [0.25, 0.3) is 5.91 Å². The molecule has 0 aliphatic heterocycles. The Labute approximate surface area is 200 Å². The van der Waals surface area contributed by atoms with Gasteiger partial charge in [-0.25, -0.2) is 9.37 Å². The molecule has 3 aromatic rings. The third kappa shape index (κ3) is 6.08. The summed E-state index contributed by atoms with van der Waals surface area (Å²) in [6, 6.07) is 10.5. The summed E-state index contributed by atoms with van der Waals surface area (Å²) in [5.74, 6) is -0.628. The molecule has 0 bridgehead atoms. The molecule has 4 rings (SSSR count). The molecule has 2 N–H and O–H groups in total. The molecular formula is C21H23F4N3OS3. The summed E-state index contributed by atoms with van der Waals surface area (Å²) >= 11 is 0.645. The van der Waals surface area contributed by atoms with Crippen molar-refractivity contribution in [3.63, 3.8) is 0 Å². The van der Waals surface area contributed by atoms with Gasteiger partial charge in [0, 0.05) is 17.6 Å². The number of benzene rings is 2. The molecule has 1 fully saturated rings. The number of fused-ring (bicyclic) bond motifs is 1. The zero-order valence-corrected chi connectivity index (χ0v) is 19.6. The number of thiazole rings is 1. The molecule has 2 aromatic carbocycles. The first-order valence-corrected chi connectivity index (χ1v) is 10.4. The van der Waals surface area contributed by atoms with Crippen molar-refractivity contribution in [3.8, 4) is 0 Å². The van der Waals surface area contributed by atoms with Crippen molar-refractivity contribution in [3.05, 3.63) is 58.9 Å². The van der Waals surface area contributed by atoms with Gasteiger partial charge in [-0.15, -0.1) is 11.3 Å². The van der Waals surface area contributed by atoms with E-state index in [0.29, 0.717) is 32.8 Å². The van der Waals surface area contributed by atoms with Crippen LogP contribution in [0.1, 0.15) is 41.0 Å². The Kier molecular flexibility index (Phi) is 8.83. The second kappa shape index (κ2) is 10.8. The number of aromatic nitrogens is 1. The Bertz CT molecular complexity index is 1050.